The topological polar surface area (TPSA) is 38.3 Å². The molecule has 1 N–H and O–H groups in total. The number of hydroxylamine groups is 1. The van der Waals surface area contributed by atoms with Crippen molar-refractivity contribution in [2.24, 2.45) is 0 Å². The molecular weight excluding hydrogens is 222 g/mol. The summed E-state index contributed by atoms with van der Waals surface area (Å²) in [4.78, 5) is 18.0. The lowest BCUT2D eigenvalue weighted by Crippen LogP contribution is -2.28. The smallest absolute Gasteiger partial charge is 0.270 e. The molecule has 0 unspecified atom stereocenters. The Hall–Kier alpha value is -0.870. The predicted molar refractivity (Wildman–Crippen MR) is 64.5 cm³/mol. The van der Waals surface area contributed by atoms with Gasteiger partial charge in [-0.25, -0.2) is 5.48 Å². The van der Waals surface area contributed by atoms with E-state index in [-0.39, 0.29) is 12.0 Å². The average Bonchev–Trinajstić information content (AvgIpc) is 2.96. The van der Waals surface area contributed by atoms with Gasteiger partial charge in [0.1, 0.15) is 0 Å². The van der Waals surface area contributed by atoms with Crippen LogP contribution in [0.2, 0.25) is 0 Å². The standard InChI is InChI=1S/C12H17NO2S/c1-2-9-7-8-16-11(9)12(14)13-15-10-5-3-4-6-10/h7-8,10H,2-6H2,1H3,(H,13,14). The van der Waals surface area contributed by atoms with E-state index in [9.17, 15) is 4.79 Å². The maximum Gasteiger partial charge on any atom is 0.285 e. The molecule has 4 heteroatoms. The molecule has 1 amide bonds. The first-order valence-corrected chi connectivity index (χ1v) is 6.71. The maximum absolute atomic E-state index is 11.8. The number of hydrogen-bond donors (Lipinski definition) is 1. The summed E-state index contributed by atoms with van der Waals surface area (Å²) in [6.45, 7) is 2.05. The first-order valence-electron chi connectivity index (χ1n) is 5.83. The second-order valence-corrected chi connectivity index (χ2v) is 5.00. The summed E-state index contributed by atoms with van der Waals surface area (Å²) in [7, 11) is 0. The lowest BCUT2D eigenvalue weighted by molar-refractivity contribution is -0.0122. The number of carbonyl (C=O) groups is 1. The van der Waals surface area contributed by atoms with Crippen LogP contribution in [0, 0.1) is 0 Å². The molecule has 88 valence electrons. The molecule has 0 bridgehead atoms. The quantitative estimate of drug-likeness (QED) is 0.820. The van der Waals surface area contributed by atoms with Crippen molar-refractivity contribution in [1.82, 2.24) is 5.48 Å². The Balaban J connectivity index is 1.87. The number of aryl methyl sites for hydroxylation is 1. The van der Waals surface area contributed by atoms with Crippen LogP contribution < -0.4 is 5.48 Å². The van der Waals surface area contributed by atoms with Gasteiger partial charge in [-0.2, -0.15) is 0 Å². The third-order valence-corrected chi connectivity index (χ3v) is 3.91. The normalized spacial score (nSPS) is 16.6. The van der Waals surface area contributed by atoms with Gasteiger partial charge in [-0.05, 0) is 36.3 Å². The van der Waals surface area contributed by atoms with Crippen molar-refractivity contribution in [3.8, 4) is 0 Å². The van der Waals surface area contributed by atoms with Crippen LogP contribution in [-0.4, -0.2) is 12.0 Å². The fourth-order valence-electron chi connectivity index (χ4n) is 2.00. The molecular formula is C12H17NO2S. The highest BCUT2D eigenvalue weighted by Crippen LogP contribution is 2.21. The van der Waals surface area contributed by atoms with Gasteiger partial charge >= 0.3 is 0 Å². The summed E-state index contributed by atoms with van der Waals surface area (Å²) < 4.78 is 0. The second kappa shape index (κ2) is 5.46. The third kappa shape index (κ3) is 2.62. The van der Waals surface area contributed by atoms with E-state index in [0.29, 0.717) is 0 Å². The molecule has 0 radical (unpaired) electrons. The lowest BCUT2D eigenvalue weighted by atomic mass is 10.2. The Labute approximate surface area is 99.8 Å². The molecule has 1 heterocycles. The Morgan fingerprint density at radius 1 is 1.56 bits per heavy atom. The van der Waals surface area contributed by atoms with E-state index >= 15 is 0 Å². The second-order valence-electron chi connectivity index (χ2n) is 4.08. The first-order chi connectivity index (χ1) is 7.81. The highest BCUT2D eigenvalue weighted by Gasteiger charge is 2.18. The minimum atomic E-state index is -0.0984. The highest BCUT2D eigenvalue weighted by atomic mass is 32.1. The molecule has 1 fully saturated rings. The largest absolute Gasteiger partial charge is 0.285 e. The van der Waals surface area contributed by atoms with Crippen molar-refractivity contribution in [3.05, 3.63) is 21.9 Å². The van der Waals surface area contributed by atoms with E-state index in [0.717, 1.165) is 29.7 Å². The van der Waals surface area contributed by atoms with Crippen LogP contribution in [-0.2, 0) is 11.3 Å². The first kappa shape index (κ1) is 11.6. The van der Waals surface area contributed by atoms with Crippen LogP contribution in [0.1, 0.15) is 47.8 Å². The summed E-state index contributed by atoms with van der Waals surface area (Å²) in [5, 5.41) is 1.95. The Kier molecular flexibility index (Phi) is 3.96. The van der Waals surface area contributed by atoms with Gasteiger partial charge in [0.15, 0.2) is 0 Å². The van der Waals surface area contributed by atoms with E-state index in [2.05, 4.69) is 12.4 Å². The van der Waals surface area contributed by atoms with Gasteiger partial charge in [0.2, 0.25) is 0 Å². The van der Waals surface area contributed by atoms with E-state index in [4.69, 9.17) is 4.84 Å². The summed E-state index contributed by atoms with van der Waals surface area (Å²) in [6.07, 6.45) is 5.64. The van der Waals surface area contributed by atoms with Crippen LogP contribution in [0.5, 0.6) is 0 Å². The minimum Gasteiger partial charge on any atom is -0.270 e. The minimum absolute atomic E-state index is 0.0984. The van der Waals surface area contributed by atoms with Crippen molar-refractivity contribution in [1.29, 1.82) is 0 Å². The summed E-state index contributed by atoms with van der Waals surface area (Å²) >= 11 is 1.47. The number of hydrogen-bond acceptors (Lipinski definition) is 3. The van der Waals surface area contributed by atoms with E-state index in [1.807, 2.05) is 11.4 Å². The molecule has 0 saturated heterocycles. The molecule has 1 saturated carbocycles. The Bertz CT molecular complexity index is 356. The summed E-state index contributed by atoms with van der Waals surface area (Å²) in [5.41, 5.74) is 3.67. The van der Waals surface area contributed by atoms with Gasteiger partial charge in [0.25, 0.3) is 5.91 Å². The van der Waals surface area contributed by atoms with Gasteiger partial charge in [-0.3, -0.25) is 9.63 Å². The van der Waals surface area contributed by atoms with Gasteiger partial charge in [0, 0.05) is 0 Å². The van der Waals surface area contributed by atoms with Gasteiger partial charge in [-0.1, -0.05) is 19.8 Å². The van der Waals surface area contributed by atoms with E-state index in [1.54, 1.807) is 0 Å². The third-order valence-electron chi connectivity index (χ3n) is 2.95. The molecule has 0 aromatic carbocycles. The molecule has 0 atom stereocenters. The Morgan fingerprint density at radius 3 is 3.00 bits per heavy atom. The average molecular weight is 239 g/mol. The van der Waals surface area contributed by atoms with Gasteiger partial charge < -0.3 is 0 Å². The molecule has 2 rings (SSSR count). The summed E-state index contributed by atoms with van der Waals surface area (Å²) in [6, 6.07) is 2.00. The number of thiophene rings is 1. The molecule has 1 aromatic rings. The van der Waals surface area contributed by atoms with Crippen molar-refractivity contribution in [2.75, 3.05) is 0 Å². The molecule has 1 aliphatic carbocycles. The van der Waals surface area contributed by atoms with Gasteiger partial charge in [0.05, 0.1) is 11.0 Å². The van der Waals surface area contributed by atoms with E-state index in [1.165, 1.54) is 24.2 Å². The summed E-state index contributed by atoms with van der Waals surface area (Å²) in [5.74, 6) is -0.0984. The molecule has 16 heavy (non-hydrogen) atoms. The molecule has 3 nitrogen and oxygen atoms in total. The maximum atomic E-state index is 11.8. The fourth-order valence-corrected chi connectivity index (χ4v) is 2.88. The van der Waals surface area contributed by atoms with Gasteiger partial charge in [-0.15, -0.1) is 11.3 Å². The van der Waals surface area contributed by atoms with Crippen LogP contribution in [0.15, 0.2) is 11.4 Å². The van der Waals surface area contributed by atoms with Crippen LogP contribution in [0.3, 0.4) is 0 Å². The number of nitrogens with one attached hydrogen (secondary N) is 1. The van der Waals surface area contributed by atoms with Crippen molar-refractivity contribution >= 4 is 17.2 Å². The number of carbonyl (C=O) groups excluding carboxylic acids is 1. The zero-order valence-corrected chi connectivity index (χ0v) is 10.3. The van der Waals surface area contributed by atoms with Crippen LogP contribution in [0.25, 0.3) is 0 Å². The molecule has 1 aromatic heterocycles. The highest BCUT2D eigenvalue weighted by molar-refractivity contribution is 7.12. The Morgan fingerprint density at radius 2 is 2.31 bits per heavy atom. The monoisotopic (exact) mass is 239 g/mol. The molecule has 0 aliphatic heterocycles. The van der Waals surface area contributed by atoms with Crippen molar-refractivity contribution < 1.29 is 9.63 Å². The fraction of sp³-hybridized carbons (Fsp3) is 0.583. The number of amides is 1. The van der Waals surface area contributed by atoms with Crippen LogP contribution >= 0.6 is 11.3 Å². The lowest BCUT2D eigenvalue weighted by Gasteiger charge is -2.11. The SMILES string of the molecule is CCc1ccsc1C(=O)NOC1CCCC1. The predicted octanol–water partition coefficient (Wildman–Crippen LogP) is 2.91. The van der Waals surface area contributed by atoms with E-state index < -0.39 is 0 Å². The molecule has 0 spiro atoms. The molecule has 1 aliphatic rings. The zero-order valence-electron chi connectivity index (χ0n) is 9.49. The number of rotatable bonds is 4. The van der Waals surface area contributed by atoms with Crippen molar-refractivity contribution in [2.45, 2.75) is 45.1 Å². The van der Waals surface area contributed by atoms with Crippen LogP contribution in [0.4, 0.5) is 0 Å². The zero-order chi connectivity index (χ0) is 11.4. The van der Waals surface area contributed by atoms with Crippen molar-refractivity contribution in [3.63, 3.8) is 0 Å².